The molecule has 0 aliphatic heterocycles. The maximum absolute atomic E-state index is 4.70. The van der Waals surface area contributed by atoms with E-state index in [0.717, 1.165) is 11.4 Å². The zero-order chi connectivity index (χ0) is 13.2. The van der Waals surface area contributed by atoms with Gasteiger partial charge in [-0.2, -0.15) is 0 Å². The van der Waals surface area contributed by atoms with Crippen LogP contribution in [-0.2, 0) is 0 Å². The van der Waals surface area contributed by atoms with E-state index in [2.05, 4.69) is 42.5 Å². The number of para-hydroxylation sites is 1. The largest absolute Gasteiger partial charge is 0.244 e. The first kappa shape index (κ1) is 13.4. The standard InChI is InChI=1S/C15H20N2S2/c1-11-7-9-12(10-8-11)17(2)19-15-16-13-5-3-4-6-14(13)18-15/h3-6,11-12H,7-10H2,1-2H3. The van der Waals surface area contributed by atoms with Crippen molar-refractivity contribution >= 4 is 33.5 Å². The van der Waals surface area contributed by atoms with Crippen LogP contribution in [0.1, 0.15) is 32.6 Å². The Morgan fingerprint density at radius 2 is 1.95 bits per heavy atom. The van der Waals surface area contributed by atoms with Crippen molar-refractivity contribution in [2.45, 2.75) is 43.0 Å². The minimum absolute atomic E-state index is 0.716. The second-order valence-corrected chi connectivity index (χ2v) is 7.93. The minimum atomic E-state index is 0.716. The van der Waals surface area contributed by atoms with E-state index in [4.69, 9.17) is 4.98 Å². The molecule has 19 heavy (non-hydrogen) atoms. The second kappa shape index (κ2) is 5.81. The molecule has 2 nitrogen and oxygen atoms in total. The number of benzene rings is 1. The Balaban J connectivity index is 1.67. The van der Waals surface area contributed by atoms with Gasteiger partial charge in [-0.1, -0.05) is 19.1 Å². The number of thiazole rings is 1. The summed E-state index contributed by atoms with van der Waals surface area (Å²) in [6.45, 7) is 2.37. The van der Waals surface area contributed by atoms with Gasteiger partial charge in [0.1, 0.15) is 0 Å². The molecule has 1 aliphatic carbocycles. The highest BCUT2D eigenvalue weighted by atomic mass is 32.2. The lowest BCUT2D eigenvalue weighted by molar-refractivity contribution is 0.259. The van der Waals surface area contributed by atoms with Crippen LogP contribution in [0.25, 0.3) is 10.2 Å². The third-order valence-corrected chi connectivity index (χ3v) is 6.13. The third kappa shape index (κ3) is 3.12. The summed E-state index contributed by atoms with van der Waals surface area (Å²) < 4.78 is 4.88. The smallest absolute Gasteiger partial charge is 0.166 e. The van der Waals surface area contributed by atoms with Crippen molar-refractivity contribution < 1.29 is 0 Å². The van der Waals surface area contributed by atoms with E-state index < -0.39 is 0 Å². The van der Waals surface area contributed by atoms with E-state index in [9.17, 15) is 0 Å². The number of rotatable bonds is 3. The van der Waals surface area contributed by atoms with Gasteiger partial charge >= 0.3 is 0 Å². The van der Waals surface area contributed by atoms with Gasteiger partial charge in [-0.3, -0.25) is 0 Å². The number of hydrogen-bond acceptors (Lipinski definition) is 4. The fraction of sp³-hybridized carbons (Fsp3) is 0.533. The average Bonchev–Trinajstić information content (AvgIpc) is 2.81. The summed E-state index contributed by atoms with van der Waals surface area (Å²) in [5.74, 6) is 0.914. The van der Waals surface area contributed by atoms with Gasteiger partial charge in [0.15, 0.2) is 4.34 Å². The Kier molecular flexibility index (Phi) is 4.10. The first-order chi connectivity index (χ1) is 9.22. The van der Waals surface area contributed by atoms with E-state index in [1.165, 1.54) is 34.7 Å². The molecule has 102 valence electrons. The topological polar surface area (TPSA) is 16.1 Å². The molecular weight excluding hydrogens is 272 g/mol. The molecule has 1 aromatic heterocycles. The number of hydrogen-bond donors (Lipinski definition) is 0. The molecule has 1 fully saturated rings. The molecule has 4 heteroatoms. The van der Waals surface area contributed by atoms with Crippen molar-refractivity contribution in [2.24, 2.45) is 5.92 Å². The highest BCUT2D eigenvalue weighted by Crippen LogP contribution is 2.35. The van der Waals surface area contributed by atoms with Crippen molar-refractivity contribution in [3.63, 3.8) is 0 Å². The zero-order valence-electron chi connectivity index (χ0n) is 11.5. The Bertz CT molecular complexity index is 511. The summed E-state index contributed by atoms with van der Waals surface area (Å²) >= 11 is 3.62. The predicted octanol–water partition coefficient (Wildman–Crippen LogP) is 4.81. The number of fused-ring (bicyclic) bond motifs is 1. The van der Waals surface area contributed by atoms with Gasteiger partial charge in [0.05, 0.1) is 10.2 Å². The number of nitrogens with zero attached hydrogens (tertiary/aromatic N) is 2. The van der Waals surface area contributed by atoms with Gasteiger partial charge < -0.3 is 0 Å². The second-order valence-electron chi connectivity index (χ2n) is 5.50. The lowest BCUT2D eigenvalue weighted by atomic mass is 9.87. The maximum atomic E-state index is 4.70. The van der Waals surface area contributed by atoms with Crippen LogP contribution in [0.3, 0.4) is 0 Å². The Labute approximate surface area is 123 Å². The molecule has 0 unspecified atom stereocenters. The zero-order valence-corrected chi connectivity index (χ0v) is 13.1. The van der Waals surface area contributed by atoms with E-state index >= 15 is 0 Å². The van der Waals surface area contributed by atoms with Crippen molar-refractivity contribution in [1.82, 2.24) is 9.29 Å². The van der Waals surface area contributed by atoms with Gasteiger partial charge in [-0.15, -0.1) is 11.3 Å². The van der Waals surface area contributed by atoms with Crippen LogP contribution < -0.4 is 0 Å². The normalized spacial score (nSPS) is 24.2. The van der Waals surface area contributed by atoms with Crippen LogP contribution in [-0.4, -0.2) is 22.4 Å². The molecule has 0 bridgehead atoms. The highest BCUT2D eigenvalue weighted by molar-refractivity contribution is 7.98. The van der Waals surface area contributed by atoms with E-state index in [0.29, 0.717) is 6.04 Å². The van der Waals surface area contributed by atoms with Crippen molar-refractivity contribution in [2.75, 3.05) is 7.05 Å². The molecule has 0 spiro atoms. The van der Waals surface area contributed by atoms with Crippen molar-refractivity contribution in [3.05, 3.63) is 24.3 Å². The van der Waals surface area contributed by atoms with Crippen LogP contribution in [0.4, 0.5) is 0 Å². The molecular formula is C15H20N2S2. The van der Waals surface area contributed by atoms with Crippen LogP contribution in [0.15, 0.2) is 28.6 Å². The van der Waals surface area contributed by atoms with Crippen LogP contribution in [0.5, 0.6) is 0 Å². The molecule has 1 aliphatic rings. The fourth-order valence-electron chi connectivity index (χ4n) is 2.69. The van der Waals surface area contributed by atoms with Gasteiger partial charge in [0.25, 0.3) is 0 Å². The quantitative estimate of drug-likeness (QED) is 0.755. The maximum Gasteiger partial charge on any atom is 0.166 e. The van der Waals surface area contributed by atoms with Crippen LogP contribution >= 0.6 is 23.3 Å². The van der Waals surface area contributed by atoms with E-state index in [1.807, 2.05) is 11.9 Å². The summed E-state index contributed by atoms with van der Waals surface area (Å²) in [7, 11) is 2.22. The van der Waals surface area contributed by atoms with Gasteiger partial charge in [-0.05, 0) is 62.7 Å². The molecule has 0 radical (unpaired) electrons. The third-order valence-electron chi connectivity index (χ3n) is 4.00. The first-order valence-corrected chi connectivity index (χ1v) is 8.58. The molecule has 0 saturated heterocycles. The van der Waals surface area contributed by atoms with Gasteiger partial charge in [0.2, 0.25) is 0 Å². The lowest BCUT2D eigenvalue weighted by Gasteiger charge is -2.32. The molecule has 3 rings (SSSR count). The Morgan fingerprint density at radius 3 is 2.68 bits per heavy atom. The summed E-state index contributed by atoms with van der Waals surface area (Å²) in [5, 5.41) is 0. The van der Waals surface area contributed by atoms with Gasteiger partial charge in [0, 0.05) is 6.04 Å². The minimum Gasteiger partial charge on any atom is -0.244 e. The van der Waals surface area contributed by atoms with E-state index in [1.54, 1.807) is 11.3 Å². The van der Waals surface area contributed by atoms with Crippen molar-refractivity contribution in [1.29, 1.82) is 0 Å². The predicted molar refractivity (Wildman–Crippen MR) is 84.7 cm³/mol. The summed E-state index contributed by atoms with van der Waals surface area (Å²) in [4.78, 5) is 4.70. The monoisotopic (exact) mass is 292 g/mol. The Hall–Kier alpha value is -0.580. The Morgan fingerprint density at radius 1 is 1.21 bits per heavy atom. The molecule has 0 atom stereocenters. The SMILES string of the molecule is CC1CCC(N(C)Sc2nc3ccccc3s2)CC1. The average molecular weight is 292 g/mol. The molecule has 0 N–H and O–H groups in total. The van der Waals surface area contributed by atoms with Crippen LogP contribution in [0.2, 0.25) is 0 Å². The summed E-state index contributed by atoms with van der Waals surface area (Å²) in [5.41, 5.74) is 1.13. The lowest BCUT2D eigenvalue weighted by Crippen LogP contribution is -2.29. The summed E-state index contributed by atoms with van der Waals surface area (Å²) in [6, 6.07) is 9.11. The van der Waals surface area contributed by atoms with Gasteiger partial charge in [-0.25, -0.2) is 9.29 Å². The highest BCUT2D eigenvalue weighted by Gasteiger charge is 2.23. The van der Waals surface area contributed by atoms with Crippen molar-refractivity contribution in [3.8, 4) is 0 Å². The molecule has 1 aromatic carbocycles. The fourth-order valence-corrected chi connectivity index (χ4v) is 4.91. The summed E-state index contributed by atoms with van der Waals surface area (Å²) in [6.07, 6.45) is 5.40. The first-order valence-electron chi connectivity index (χ1n) is 6.99. The number of aromatic nitrogens is 1. The molecule has 1 saturated carbocycles. The molecule has 2 aromatic rings. The van der Waals surface area contributed by atoms with E-state index in [-0.39, 0.29) is 0 Å². The molecule has 0 amide bonds. The molecule has 1 heterocycles. The van der Waals surface area contributed by atoms with Crippen LogP contribution in [0, 0.1) is 5.92 Å².